The van der Waals surface area contributed by atoms with Crippen LogP contribution in [0.5, 0.6) is 5.75 Å². The summed E-state index contributed by atoms with van der Waals surface area (Å²) in [4.78, 5) is 2.21. The van der Waals surface area contributed by atoms with Gasteiger partial charge < -0.3 is 24.3 Å². The quantitative estimate of drug-likeness (QED) is 0.528. The van der Waals surface area contributed by atoms with Crippen molar-refractivity contribution in [3.63, 3.8) is 0 Å². The molecular formula is C14H24BNO5. The Morgan fingerprint density at radius 1 is 0.905 bits per heavy atom. The monoisotopic (exact) mass is 297 g/mol. The van der Waals surface area contributed by atoms with Gasteiger partial charge in [0.25, 0.3) is 0 Å². The third-order valence-electron chi connectivity index (χ3n) is 3.08. The van der Waals surface area contributed by atoms with Crippen molar-refractivity contribution >= 4 is 12.6 Å². The molecule has 0 spiro atoms. The van der Waals surface area contributed by atoms with Crippen molar-refractivity contribution in [3.05, 3.63) is 24.3 Å². The highest BCUT2D eigenvalue weighted by Gasteiger charge is 2.10. The van der Waals surface area contributed by atoms with E-state index >= 15 is 0 Å². The van der Waals surface area contributed by atoms with Gasteiger partial charge in [0.1, 0.15) is 12.4 Å². The molecular weight excluding hydrogens is 273 g/mol. The first-order chi connectivity index (χ1) is 10.2. The van der Waals surface area contributed by atoms with Crippen molar-refractivity contribution in [1.82, 2.24) is 4.90 Å². The molecule has 118 valence electrons. The molecule has 0 amide bonds. The highest BCUT2D eigenvalue weighted by atomic mass is 16.5. The fourth-order valence-electron chi connectivity index (χ4n) is 1.80. The molecule has 0 fully saturated rings. The molecule has 1 aromatic rings. The minimum absolute atomic E-state index is 0.448. The summed E-state index contributed by atoms with van der Waals surface area (Å²) in [5, 5.41) is 18.0. The Morgan fingerprint density at radius 3 is 1.90 bits per heavy atom. The second-order valence-electron chi connectivity index (χ2n) is 4.62. The Bertz CT molecular complexity index is 366. The molecule has 2 N–H and O–H groups in total. The van der Waals surface area contributed by atoms with Crippen LogP contribution in [-0.2, 0) is 9.47 Å². The molecule has 0 radical (unpaired) electrons. The predicted molar refractivity (Wildman–Crippen MR) is 82.0 cm³/mol. The summed E-state index contributed by atoms with van der Waals surface area (Å²) < 4.78 is 15.8. The second-order valence-corrected chi connectivity index (χ2v) is 4.62. The van der Waals surface area contributed by atoms with Crippen molar-refractivity contribution in [3.8, 4) is 5.75 Å². The number of methoxy groups -OCH3 is 2. The third kappa shape index (κ3) is 7.45. The lowest BCUT2D eigenvalue weighted by molar-refractivity contribution is 0.104. The minimum Gasteiger partial charge on any atom is -0.492 e. The molecule has 0 heterocycles. The van der Waals surface area contributed by atoms with Gasteiger partial charge >= 0.3 is 7.12 Å². The third-order valence-corrected chi connectivity index (χ3v) is 3.08. The van der Waals surface area contributed by atoms with E-state index in [0.717, 1.165) is 19.6 Å². The normalized spacial score (nSPS) is 10.9. The standard InChI is InChI=1S/C14H24BNO5/c1-19-10-7-16(8-11-20-2)9-12-21-14-5-3-13(4-6-14)15(17)18/h3-6,17-18H,7-12H2,1-2H3. The number of benzene rings is 1. The molecule has 0 aromatic heterocycles. The molecule has 0 saturated heterocycles. The van der Waals surface area contributed by atoms with E-state index in [0.29, 0.717) is 31.0 Å². The summed E-state index contributed by atoms with van der Waals surface area (Å²) in [6.45, 7) is 4.34. The summed E-state index contributed by atoms with van der Waals surface area (Å²) in [5.41, 5.74) is 0.448. The van der Waals surface area contributed by atoms with Gasteiger partial charge in [-0.3, -0.25) is 4.90 Å². The Balaban J connectivity index is 2.34. The number of hydrogen-bond donors (Lipinski definition) is 2. The van der Waals surface area contributed by atoms with E-state index in [-0.39, 0.29) is 0 Å². The fraction of sp³-hybridized carbons (Fsp3) is 0.571. The number of nitrogens with zero attached hydrogens (tertiary/aromatic N) is 1. The smallest absolute Gasteiger partial charge is 0.488 e. The van der Waals surface area contributed by atoms with Crippen LogP contribution in [0.2, 0.25) is 0 Å². The van der Waals surface area contributed by atoms with Gasteiger partial charge in [-0.25, -0.2) is 0 Å². The first-order valence-corrected chi connectivity index (χ1v) is 6.96. The largest absolute Gasteiger partial charge is 0.492 e. The molecule has 6 nitrogen and oxygen atoms in total. The Hall–Kier alpha value is -1.12. The molecule has 0 aliphatic rings. The summed E-state index contributed by atoms with van der Waals surface area (Å²) in [7, 11) is 1.92. The van der Waals surface area contributed by atoms with E-state index in [1.807, 2.05) is 0 Å². The lowest BCUT2D eigenvalue weighted by Gasteiger charge is -2.21. The van der Waals surface area contributed by atoms with Crippen LogP contribution in [0.15, 0.2) is 24.3 Å². The molecule has 0 aliphatic heterocycles. The van der Waals surface area contributed by atoms with Crippen LogP contribution in [0.1, 0.15) is 0 Å². The number of rotatable bonds is 11. The first-order valence-electron chi connectivity index (χ1n) is 6.96. The maximum Gasteiger partial charge on any atom is 0.488 e. The summed E-state index contributed by atoms with van der Waals surface area (Å²) >= 11 is 0. The van der Waals surface area contributed by atoms with Gasteiger partial charge in [-0.2, -0.15) is 0 Å². The van der Waals surface area contributed by atoms with E-state index in [2.05, 4.69) is 4.90 Å². The minimum atomic E-state index is -1.45. The molecule has 0 saturated carbocycles. The number of hydrogen-bond acceptors (Lipinski definition) is 6. The van der Waals surface area contributed by atoms with Gasteiger partial charge in [-0.15, -0.1) is 0 Å². The molecule has 7 heteroatoms. The maximum absolute atomic E-state index is 9.01. The Labute approximate surface area is 126 Å². The summed E-state index contributed by atoms with van der Waals surface area (Å²) in [6.07, 6.45) is 0. The van der Waals surface area contributed by atoms with E-state index in [4.69, 9.17) is 24.3 Å². The van der Waals surface area contributed by atoms with Crippen LogP contribution < -0.4 is 10.2 Å². The summed E-state index contributed by atoms with van der Waals surface area (Å²) in [6, 6.07) is 6.72. The van der Waals surface area contributed by atoms with E-state index in [1.165, 1.54) is 0 Å². The first kappa shape index (κ1) is 17.9. The van der Waals surface area contributed by atoms with Crippen molar-refractivity contribution in [2.75, 3.05) is 53.7 Å². The van der Waals surface area contributed by atoms with Gasteiger partial charge in [0, 0.05) is 33.9 Å². The van der Waals surface area contributed by atoms with E-state index < -0.39 is 7.12 Å². The van der Waals surface area contributed by atoms with Gasteiger partial charge in [0.05, 0.1) is 13.2 Å². The van der Waals surface area contributed by atoms with Crippen molar-refractivity contribution in [2.24, 2.45) is 0 Å². The van der Waals surface area contributed by atoms with Crippen molar-refractivity contribution in [1.29, 1.82) is 0 Å². The molecule has 0 atom stereocenters. The van der Waals surface area contributed by atoms with Gasteiger partial charge in [-0.05, 0) is 17.6 Å². The van der Waals surface area contributed by atoms with E-state index in [9.17, 15) is 0 Å². The van der Waals surface area contributed by atoms with Gasteiger partial charge in [0.2, 0.25) is 0 Å². The zero-order valence-corrected chi connectivity index (χ0v) is 12.7. The maximum atomic E-state index is 9.01. The highest BCUT2D eigenvalue weighted by Crippen LogP contribution is 2.07. The predicted octanol–water partition coefficient (Wildman–Crippen LogP) is -0.660. The zero-order valence-electron chi connectivity index (χ0n) is 12.7. The topological polar surface area (TPSA) is 71.4 Å². The van der Waals surface area contributed by atoms with Crippen LogP contribution in [0.25, 0.3) is 0 Å². The molecule has 0 aliphatic carbocycles. The Kier molecular flexibility index (Phi) is 9.04. The SMILES string of the molecule is COCCN(CCOC)CCOc1ccc(B(O)O)cc1. The van der Waals surface area contributed by atoms with Gasteiger partial charge in [0.15, 0.2) is 0 Å². The molecule has 21 heavy (non-hydrogen) atoms. The zero-order chi connectivity index (χ0) is 15.5. The average Bonchev–Trinajstić information content (AvgIpc) is 2.50. The summed E-state index contributed by atoms with van der Waals surface area (Å²) in [5.74, 6) is 0.706. The van der Waals surface area contributed by atoms with Crippen LogP contribution in [0.3, 0.4) is 0 Å². The average molecular weight is 297 g/mol. The van der Waals surface area contributed by atoms with Crippen LogP contribution in [0.4, 0.5) is 0 Å². The van der Waals surface area contributed by atoms with E-state index in [1.54, 1.807) is 38.5 Å². The van der Waals surface area contributed by atoms with Crippen LogP contribution >= 0.6 is 0 Å². The second kappa shape index (κ2) is 10.6. The van der Waals surface area contributed by atoms with Crippen LogP contribution in [0, 0.1) is 0 Å². The van der Waals surface area contributed by atoms with Gasteiger partial charge in [-0.1, -0.05) is 12.1 Å². The number of ether oxygens (including phenoxy) is 3. The van der Waals surface area contributed by atoms with Crippen molar-refractivity contribution < 1.29 is 24.3 Å². The molecule has 1 rings (SSSR count). The lowest BCUT2D eigenvalue weighted by atomic mass is 9.80. The lowest BCUT2D eigenvalue weighted by Crippen LogP contribution is -2.34. The molecule has 0 bridgehead atoms. The van der Waals surface area contributed by atoms with Crippen LogP contribution in [-0.4, -0.2) is 75.7 Å². The molecule has 1 aromatic carbocycles. The fourth-order valence-corrected chi connectivity index (χ4v) is 1.80. The van der Waals surface area contributed by atoms with Crippen molar-refractivity contribution in [2.45, 2.75) is 0 Å². The highest BCUT2D eigenvalue weighted by molar-refractivity contribution is 6.58. The Morgan fingerprint density at radius 2 is 1.43 bits per heavy atom. The molecule has 0 unspecified atom stereocenters.